The molecule has 110 valence electrons. The van der Waals surface area contributed by atoms with Crippen LogP contribution in [0.3, 0.4) is 0 Å². The fourth-order valence-electron chi connectivity index (χ4n) is 2.03. The summed E-state index contributed by atoms with van der Waals surface area (Å²) < 4.78 is 0. The van der Waals surface area contributed by atoms with Crippen LogP contribution in [0, 0.1) is 10.1 Å². The molecule has 2 N–H and O–H groups in total. The number of aromatic hydroxyl groups is 1. The van der Waals surface area contributed by atoms with Crippen LogP contribution >= 0.6 is 0 Å². The van der Waals surface area contributed by atoms with Crippen LogP contribution in [-0.4, -0.2) is 32.9 Å². The molecule has 0 saturated heterocycles. The molecule has 1 unspecified atom stereocenters. The first-order valence-electron chi connectivity index (χ1n) is 6.29. The van der Waals surface area contributed by atoms with E-state index in [9.17, 15) is 20.0 Å². The number of nitrogens with one attached hydrogen (secondary N) is 1. The number of aromatic amines is 1. The molecule has 1 heterocycles. The molecule has 1 amide bonds. The highest BCUT2D eigenvalue weighted by Gasteiger charge is 2.23. The molecule has 1 aromatic carbocycles. The zero-order chi connectivity index (χ0) is 15.6. The number of H-pyrrole nitrogens is 1. The van der Waals surface area contributed by atoms with E-state index in [4.69, 9.17) is 0 Å². The number of amides is 1. The number of nitro groups is 1. The van der Waals surface area contributed by atoms with Crippen LogP contribution in [0.15, 0.2) is 36.5 Å². The van der Waals surface area contributed by atoms with Gasteiger partial charge in [0.2, 0.25) is 0 Å². The molecule has 0 spiro atoms. The van der Waals surface area contributed by atoms with Crippen molar-refractivity contribution in [1.29, 1.82) is 0 Å². The third kappa shape index (κ3) is 2.86. The van der Waals surface area contributed by atoms with Crippen molar-refractivity contribution in [2.75, 3.05) is 7.05 Å². The number of benzene rings is 1. The van der Waals surface area contributed by atoms with E-state index >= 15 is 0 Å². The summed E-state index contributed by atoms with van der Waals surface area (Å²) in [4.78, 5) is 26.4. The first kappa shape index (κ1) is 14.6. The Bertz CT molecular complexity index is 680. The number of phenols is 1. The van der Waals surface area contributed by atoms with Gasteiger partial charge in [0.15, 0.2) is 0 Å². The first-order chi connectivity index (χ1) is 9.91. The molecule has 7 nitrogen and oxygen atoms in total. The van der Waals surface area contributed by atoms with Crippen molar-refractivity contribution in [2.45, 2.75) is 13.0 Å². The standard InChI is InChI=1S/C14H15N3O4/c1-9(11-5-3-4-6-13(11)18)16(2)14(19)12-7-10(8-15-12)17(20)21/h3-9,15,18H,1-2H3. The zero-order valence-corrected chi connectivity index (χ0v) is 11.6. The Kier molecular flexibility index (Phi) is 3.93. The van der Waals surface area contributed by atoms with E-state index in [-0.39, 0.29) is 29.1 Å². The fraction of sp³-hybridized carbons (Fsp3) is 0.214. The van der Waals surface area contributed by atoms with Crippen LogP contribution in [0.25, 0.3) is 0 Å². The van der Waals surface area contributed by atoms with Gasteiger partial charge in [0.25, 0.3) is 11.6 Å². The number of para-hydroxylation sites is 1. The van der Waals surface area contributed by atoms with Gasteiger partial charge < -0.3 is 15.0 Å². The Morgan fingerprint density at radius 3 is 2.67 bits per heavy atom. The maximum Gasteiger partial charge on any atom is 0.287 e. The van der Waals surface area contributed by atoms with Crippen molar-refractivity contribution in [3.63, 3.8) is 0 Å². The summed E-state index contributed by atoms with van der Waals surface area (Å²) in [6.07, 6.45) is 1.17. The minimum Gasteiger partial charge on any atom is -0.508 e. The Labute approximate surface area is 121 Å². The number of carbonyl (C=O) groups is 1. The van der Waals surface area contributed by atoms with Crippen LogP contribution in [0.1, 0.15) is 29.0 Å². The number of hydrogen-bond acceptors (Lipinski definition) is 4. The van der Waals surface area contributed by atoms with Crippen LogP contribution in [0.5, 0.6) is 5.75 Å². The minimum atomic E-state index is -0.570. The highest BCUT2D eigenvalue weighted by Crippen LogP contribution is 2.28. The van der Waals surface area contributed by atoms with E-state index < -0.39 is 4.92 Å². The van der Waals surface area contributed by atoms with Gasteiger partial charge in [0, 0.05) is 18.7 Å². The van der Waals surface area contributed by atoms with E-state index in [1.807, 2.05) is 0 Å². The average molecular weight is 289 g/mol. The number of rotatable bonds is 4. The van der Waals surface area contributed by atoms with Gasteiger partial charge in [-0.25, -0.2) is 0 Å². The number of hydrogen-bond donors (Lipinski definition) is 2. The molecule has 7 heteroatoms. The molecule has 0 aliphatic rings. The molecule has 0 fully saturated rings. The van der Waals surface area contributed by atoms with E-state index in [2.05, 4.69) is 4.98 Å². The number of nitrogens with zero attached hydrogens (tertiary/aromatic N) is 2. The van der Waals surface area contributed by atoms with Crippen LogP contribution in [0.4, 0.5) is 5.69 Å². The Morgan fingerprint density at radius 2 is 2.10 bits per heavy atom. The van der Waals surface area contributed by atoms with Gasteiger partial charge in [-0.3, -0.25) is 14.9 Å². The summed E-state index contributed by atoms with van der Waals surface area (Å²) in [6.45, 7) is 1.77. The maximum atomic E-state index is 12.3. The summed E-state index contributed by atoms with van der Waals surface area (Å²) >= 11 is 0. The first-order valence-corrected chi connectivity index (χ1v) is 6.29. The van der Waals surface area contributed by atoms with Gasteiger partial charge >= 0.3 is 0 Å². The molecule has 0 aliphatic carbocycles. The normalized spacial score (nSPS) is 11.9. The molecule has 1 atom stereocenters. The second-order valence-electron chi connectivity index (χ2n) is 4.68. The minimum absolute atomic E-state index is 0.0992. The van der Waals surface area contributed by atoms with E-state index in [1.165, 1.54) is 17.2 Å². The quantitative estimate of drug-likeness (QED) is 0.667. The van der Waals surface area contributed by atoms with Gasteiger partial charge in [0.05, 0.1) is 17.2 Å². The molecule has 2 aromatic rings. The van der Waals surface area contributed by atoms with E-state index in [0.29, 0.717) is 5.56 Å². The van der Waals surface area contributed by atoms with Crippen molar-refractivity contribution < 1.29 is 14.8 Å². The van der Waals surface area contributed by atoms with E-state index in [1.54, 1.807) is 38.2 Å². The van der Waals surface area contributed by atoms with Gasteiger partial charge in [-0.15, -0.1) is 0 Å². The molecule has 2 rings (SSSR count). The summed E-state index contributed by atoms with van der Waals surface area (Å²) in [6, 6.07) is 7.55. The Hall–Kier alpha value is -2.83. The summed E-state index contributed by atoms with van der Waals surface area (Å²) in [5.74, 6) is -0.291. The molecule has 21 heavy (non-hydrogen) atoms. The lowest BCUT2D eigenvalue weighted by Gasteiger charge is -2.25. The maximum absolute atomic E-state index is 12.3. The molecular formula is C14H15N3O4. The second-order valence-corrected chi connectivity index (χ2v) is 4.68. The van der Waals surface area contributed by atoms with E-state index in [0.717, 1.165) is 0 Å². The van der Waals surface area contributed by atoms with Crippen LogP contribution < -0.4 is 0 Å². The van der Waals surface area contributed by atoms with Crippen molar-refractivity contribution >= 4 is 11.6 Å². The van der Waals surface area contributed by atoms with Crippen molar-refractivity contribution in [3.8, 4) is 5.75 Å². The molecule has 1 aromatic heterocycles. The van der Waals surface area contributed by atoms with Crippen molar-refractivity contribution in [1.82, 2.24) is 9.88 Å². The van der Waals surface area contributed by atoms with Crippen LogP contribution in [-0.2, 0) is 0 Å². The third-order valence-corrected chi connectivity index (χ3v) is 3.40. The lowest BCUT2D eigenvalue weighted by atomic mass is 10.1. The second kappa shape index (κ2) is 5.66. The average Bonchev–Trinajstić information content (AvgIpc) is 2.95. The number of carbonyl (C=O) groups excluding carboxylic acids is 1. The van der Waals surface area contributed by atoms with Gasteiger partial charge in [-0.2, -0.15) is 0 Å². The van der Waals surface area contributed by atoms with Gasteiger partial charge in [-0.1, -0.05) is 18.2 Å². The fourth-order valence-corrected chi connectivity index (χ4v) is 2.03. The number of aromatic nitrogens is 1. The number of phenolic OH excluding ortho intramolecular Hbond substituents is 1. The molecule has 0 bridgehead atoms. The highest BCUT2D eigenvalue weighted by atomic mass is 16.6. The predicted molar refractivity (Wildman–Crippen MR) is 76.1 cm³/mol. The summed E-state index contributed by atoms with van der Waals surface area (Å²) in [7, 11) is 1.58. The molecule has 0 radical (unpaired) electrons. The lowest BCUT2D eigenvalue weighted by molar-refractivity contribution is -0.384. The Balaban J connectivity index is 2.22. The predicted octanol–water partition coefficient (Wildman–Crippen LogP) is 2.46. The molecule has 0 saturated carbocycles. The van der Waals surface area contributed by atoms with Gasteiger partial charge in [0.1, 0.15) is 11.4 Å². The van der Waals surface area contributed by atoms with Crippen molar-refractivity contribution in [3.05, 3.63) is 57.9 Å². The summed E-state index contributed by atoms with van der Waals surface area (Å²) in [5.41, 5.74) is 0.572. The third-order valence-electron chi connectivity index (χ3n) is 3.40. The Morgan fingerprint density at radius 1 is 1.43 bits per heavy atom. The summed E-state index contributed by atoms with van der Waals surface area (Å²) in [5, 5.41) is 20.5. The molecular weight excluding hydrogens is 274 g/mol. The molecule has 0 aliphatic heterocycles. The zero-order valence-electron chi connectivity index (χ0n) is 11.6. The van der Waals surface area contributed by atoms with Gasteiger partial charge in [-0.05, 0) is 13.0 Å². The topological polar surface area (TPSA) is 99.5 Å². The largest absolute Gasteiger partial charge is 0.508 e. The lowest BCUT2D eigenvalue weighted by Crippen LogP contribution is -2.29. The monoisotopic (exact) mass is 289 g/mol. The SMILES string of the molecule is CC(c1ccccc1O)N(C)C(=O)c1cc([N+](=O)[O-])c[nH]1. The highest BCUT2D eigenvalue weighted by molar-refractivity contribution is 5.93. The van der Waals surface area contributed by atoms with Crippen molar-refractivity contribution in [2.24, 2.45) is 0 Å². The smallest absolute Gasteiger partial charge is 0.287 e. The van der Waals surface area contributed by atoms with Crippen LogP contribution in [0.2, 0.25) is 0 Å².